The zero-order valence-electron chi connectivity index (χ0n) is 11.9. The van der Waals surface area contributed by atoms with Gasteiger partial charge in [0.1, 0.15) is 5.75 Å². The molecule has 0 radical (unpaired) electrons. The quantitative estimate of drug-likeness (QED) is 0.850. The van der Waals surface area contributed by atoms with Crippen LogP contribution in [0, 0.1) is 5.92 Å². The van der Waals surface area contributed by atoms with Gasteiger partial charge < -0.3 is 14.4 Å². The van der Waals surface area contributed by atoms with E-state index in [0.29, 0.717) is 19.1 Å². The lowest BCUT2D eigenvalue weighted by molar-refractivity contribution is -0.146. The summed E-state index contributed by atoms with van der Waals surface area (Å²) in [4.78, 5) is 14.6. The van der Waals surface area contributed by atoms with Gasteiger partial charge in [-0.1, -0.05) is 12.1 Å². The third-order valence-corrected chi connectivity index (χ3v) is 4.35. The van der Waals surface area contributed by atoms with E-state index in [-0.39, 0.29) is 12.0 Å². The van der Waals surface area contributed by atoms with Crippen LogP contribution in [0.1, 0.15) is 30.9 Å². The summed E-state index contributed by atoms with van der Waals surface area (Å²) < 4.78 is 10.6. The Kier molecular flexibility index (Phi) is 3.92. The maximum absolute atomic E-state index is 12.6. The predicted octanol–water partition coefficient (Wildman–Crippen LogP) is 2.40. The van der Waals surface area contributed by atoms with Crippen molar-refractivity contribution >= 4 is 5.91 Å². The Hall–Kier alpha value is -1.55. The van der Waals surface area contributed by atoms with E-state index >= 15 is 0 Å². The minimum Gasteiger partial charge on any atom is -0.497 e. The fourth-order valence-corrected chi connectivity index (χ4v) is 3.03. The zero-order chi connectivity index (χ0) is 13.9. The number of carbonyl (C=O) groups is 1. The van der Waals surface area contributed by atoms with Crippen LogP contribution in [0.3, 0.4) is 0 Å². The molecule has 0 spiro atoms. The first kappa shape index (κ1) is 13.4. The van der Waals surface area contributed by atoms with E-state index in [1.165, 1.54) is 5.56 Å². The van der Waals surface area contributed by atoms with Crippen molar-refractivity contribution in [1.29, 1.82) is 0 Å². The van der Waals surface area contributed by atoms with Gasteiger partial charge in [0, 0.05) is 25.7 Å². The monoisotopic (exact) mass is 275 g/mol. The number of nitrogens with zero attached hydrogens (tertiary/aromatic N) is 1. The number of likely N-dealkylation sites (tertiary alicyclic amines) is 1. The van der Waals surface area contributed by atoms with Crippen LogP contribution in [0.4, 0.5) is 0 Å². The topological polar surface area (TPSA) is 38.8 Å². The van der Waals surface area contributed by atoms with E-state index in [1.807, 2.05) is 23.1 Å². The summed E-state index contributed by atoms with van der Waals surface area (Å²) in [6.07, 6.45) is 2.77. The SMILES string of the molecule is COc1cccc([C@H]2CCN2C(=O)C2CCOCC2)c1. The number of hydrogen-bond acceptors (Lipinski definition) is 3. The van der Waals surface area contributed by atoms with Gasteiger partial charge in [-0.3, -0.25) is 4.79 Å². The fourth-order valence-electron chi connectivity index (χ4n) is 3.03. The smallest absolute Gasteiger partial charge is 0.226 e. The van der Waals surface area contributed by atoms with Crippen molar-refractivity contribution in [3.8, 4) is 5.75 Å². The highest BCUT2D eigenvalue weighted by atomic mass is 16.5. The van der Waals surface area contributed by atoms with Crippen molar-refractivity contribution < 1.29 is 14.3 Å². The van der Waals surface area contributed by atoms with Crippen molar-refractivity contribution in [2.45, 2.75) is 25.3 Å². The second-order valence-electron chi connectivity index (χ2n) is 5.50. The van der Waals surface area contributed by atoms with Crippen LogP contribution < -0.4 is 4.74 Å². The van der Waals surface area contributed by atoms with E-state index in [9.17, 15) is 4.79 Å². The second-order valence-corrected chi connectivity index (χ2v) is 5.50. The Labute approximate surface area is 119 Å². The first-order valence-corrected chi connectivity index (χ1v) is 7.32. The van der Waals surface area contributed by atoms with Crippen molar-refractivity contribution in [2.24, 2.45) is 5.92 Å². The first-order chi connectivity index (χ1) is 9.79. The molecular weight excluding hydrogens is 254 g/mol. The predicted molar refractivity (Wildman–Crippen MR) is 75.6 cm³/mol. The molecule has 2 saturated heterocycles. The summed E-state index contributed by atoms with van der Waals surface area (Å²) >= 11 is 0. The van der Waals surface area contributed by atoms with Gasteiger partial charge in [0.05, 0.1) is 13.2 Å². The molecule has 1 aromatic rings. The number of carbonyl (C=O) groups excluding carboxylic acids is 1. The number of ether oxygens (including phenoxy) is 2. The average Bonchev–Trinajstić information content (AvgIpc) is 2.47. The molecule has 1 amide bonds. The lowest BCUT2D eigenvalue weighted by Gasteiger charge is -2.43. The molecule has 3 rings (SSSR count). The third kappa shape index (κ3) is 2.52. The lowest BCUT2D eigenvalue weighted by Crippen LogP contribution is -2.48. The van der Waals surface area contributed by atoms with Crippen LogP contribution in [0.15, 0.2) is 24.3 Å². The van der Waals surface area contributed by atoms with Crippen LogP contribution in [-0.4, -0.2) is 37.7 Å². The molecule has 1 aromatic carbocycles. The van der Waals surface area contributed by atoms with Gasteiger partial charge in [-0.15, -0.1) is 0 Å². The standard InChI is InChI=1S/C16H21NO3/c1-19-14-4-2-3-13(11-14)15-5-8-17(15)16(18)12-6-9-20-10-7-12/h2-4,11-12,15H,5-10H2,1H3/t15-/m1/s1. The molecule has 1 atom stereocenters. The van der Waals surface area contributed by atoms with Gasteiger partial charge in [0.2, 0.25) is 5.91 Å². The molecule has 20 heavy (non-hydrogen) atoms. The molecule has 108 valence electrons. The van der Waals surface area contributed by atoms with Crippen LogP contribution in [-0.2, 0) is 9.53 Å². The highest BCUT2D eigenvalue weighted by Crippen LogP contribution is 2.36. The molecule has 4 nitrogen and oxygen atoms in total. The Morgan fingerprint density at radius 1 is 1.30 bits per heavy atom. The minimum absolute atomic E-state index is 0.150. The summed E-state index contributed by atoms with van der Waals surface area (Å²) in [5.41, 5.74) is 1.18. The number of benzene rings is 1. The van der Waals surface area contributed by atoms with Crippen molar-refractivity contribution in [3.05, 3.63) is 29.8 Å². The average molecular weight is 275 g/mol. The van der Waals surface area contributed by atoms with E-state index in [4.69, 9.17) is 9.47 Å². The fraction of sp³-hybridized carbons (Fsp3) is 0.562. The largest absolute Gasteiger partial charge is 0.497 e. The third-order valence-electron chi connectivity index (χ3n) is 4.35. The van der Waals surface area contributed by atoms with Gasteiger partial charge in [0.15, 0.2) is 0 Å². The van der Waals surface area contributed by atoms with Crippen LogP contribution in [0.2, 0.25) is 0 Å². The Bertz CT molecular complexity index is 482. The second kappa shape index (κ2) is 5.83. The highest BCUT2D eigenvalue weighted by molar-refractivity contribution is 5.80. The van der Waals surface area contributed by atoms with Gasteiger partial charge in [-0.05, 0) is 37.0 Å². The number of hydrogen-bond donors (Lipinski definition) is 0. The molecule has 0 aromatic heterocycles. The van der Waals surface area contributed by atoms with Gasteiger partial charge in [-0.25, -0.2) is 0 Å². The molecule has 0 saturated carbocycles. The molecule has 0 aliphatic carbocycles. The van der Waals surface area contributed by atoms with Crippen molar-refractivity contribution in [2.75, 3.05) is 26.9 Å². The Balaban J connectivity index is 1.70. The molecule has 4 heteroatoms. The minimum atomic E-state index is 0.150. The molecule has 0 unspecified atom stereocenters. The summed E-state index contributed by atoms with van der Waals surface area (Å²) in [6, 6.07) is 8.27. The summed E-state index contributed by atoms with van der Waals surface area (Å²) in [5, 5.41) is 0. The first-order valence-electron chi connectivity index (χ1n) is 7.32. The summed E-state index contributed by atoms with van der Waals surface area (Å²) in [7, 11) is 1.67. The molecule has 0 N–H and O–H groups in total. The van der Waals surface area contributed by atoms with Gasteiger partial charge in [0.25, 0.3) is 0 Å². The molecule has 0 bridgehead atoms. The zero-order valence-corrected chi connectivity index (χ0v) is 11.9. The van der Waals surface area contributed by atoms with Crippen molar-refractivity contribution in [3.63, 3.8) is 0 Å². The number of methoxy groups -OCH3 is 1. The van der Waals surface area contributed by atoms with Crippen LogP contribution in [0.5, 0.6) is 5.75 Å². The van der Waals surface area contributed by atoms with Crippen molar-refractivity contribution in [1.82, 2.24) is 4.90 Å². The Morgan fingerprint density at radius 3 is 2.75 bits per heavy atom. The van der Waals surface area contributed by atoms with Crippen LogP contribution in [0.25, 0.3) is 0 Å². The molecule has 2 fully saturated rings. The van der Waals surface area contributed by atoms with E-state index in [0.717, 1.165) is 31.6 Å². The lowest BCUT2D eigenvalue weighted by atomic mass is 9.90. The summed E-state index contributed by atoms with van der Waals surface area (Å²) in [5.74, 6) is 1.30. The Morgan fingerprint density at radius 2 is 2.10 bits per heavy atom. The van der Waals surface area contributed by atoms with E-state index in [2.05, 4.69) is 6.07 Å². The molecule has 2 aliphatic rings. The number of amides is 1. The highest BCUT2D eigenvalue weighted by Gasteiger charge is 2.37. The van der Waals surface area contributed by atoms with E-state index < -0.39 is 0 Å². The molecule has 2 heterocycles. The van der Waals surface area contributed by atoms with Gasteiger partial charge >= 0.3 is 0 Å². The normalized spacial score (nSPS) is 23.2. The maximum atomic E-state index is 12.6. The maximum Gasteiger partial charge on any atom is 0.226 e. The number of rotatable bonds is 3. The summed E-state index contributed by atoms with van der Waals surface area (Å²) in [6.45, 7) is 2.31. The molecule has 2 aliphatic heterocycles. The van der Waals surface area contributed by atoms with E-state index in [1.54, 1.807) is 7.11 Å². The molecular formula is C16H21NO3. The van der Waals surface area contributed by atoms with Gasteiger partial charge in [-0.2, -0.15) is 0 Å². The van der Waals surface area contributed by atoms with Crippen LogP contribution >= 0.6 is 0 Å².